The van der Waals surface area contributed by atoms with Crippen LogP contribution in [0.4, 0.5) is 0 Å². The summed E-state index contributed by atoms with van der Waals surface area (Å²) in [5, 5.41) is 7.32. The summed E-state index contributed by atoms with van der Waals surface area (Å²) in [6.07, 6.45) is 5.29. The third-order valence-electron chi connectivity index (χ3n) is 5.71. The summed E-state index contributed by atoms with van der Waals surface area (Å²) < 4.78 is 7.25. The second-order valence-corrected chi connectivity index (χ2v) is 7.60. The highest BCUT2D eigenvalue weighted by Crippen LogP contribution is 2.22. The highest BCUT2D eigenvalue weighted by atomic mass is 16.5. The molecule has 0 bridgehead atoms. The van der Waals surface area contributed by atoms with Gasteiger partial charge in [-0.15, -0.1) is 0 Å². The van der Waals surface area contributed by atoms with Gasteiger partial charge >= 0.3 is 0 Å². The molecule has 1 amide bonds. The van der Waals surface area contributed by atoms with Crippen LogP contribution in [0.2, 0.25) is 0 Å². The van der Waals surface area contributed by atoms with E-state index in [9.17, 15) is 4.79 Å². The Bertz CT molecular complexity index is 772. The minimum Gasteiger partial charge on any atom is -0.381 e. The molecule has 4 heterocycles. The molecule has 2 atom stereocenters. The minimum absolute atomic E-state index is 0.0312. The van der Waals surface area contributed by atoms with E-state index in [1.165, 1.54) is 6.33 Å². The molecule has 0 spiro atoms. The van der Waals surface area contributed by atoms with Gasteiger partial charge in [-0.3, -0.25) is 9.69 Å². The molecule has 2 fully saturated rings. The van der Waals surface area contributed by atoms with E-state index in [-0.39, 0.29) is 17.9 Å². The first kappa shape index (κ1) is 18.3. The Balaban J connectivity index is 1.40. The summed E-state index contributed by atoms with van der Waals surface area (Å²) in [5.41, 5.74) is 7.99. The molecular formula is C19H28N6O2. The third kappa shape index (κ3) is 4.28. The quantitative estimate of drug-likeness (QED) is 0.814. The fraction of sp³-hybridized carbons (Fsp3) is 0.632. The molecule has 27 heavy (non-hydrogen) atoms. The van der Waals surface area contributed by atoms with Gasteiger partial charge in [-0.1, -0.05) is 6.07 Å². The van der Waals surface area contributed by atoms with Crippen molar-refractivity contribution in [3.8, 4) is 0 Å². The van der Waals surface area contributed by atoms with E-state index in [2.05, 4.69) is 20.3 Å². The van der Waals surface area contributed by atoms with E-state index in [0.717, 1.165) is 63.3 Å². The number of rotatable bonds is 4. The van der Waals surface area contributed by atoms with Crippen molar-refractivity contribution in [1.29, 1.82) is 0 Å². The van der Waals surface area contributed by atoms with Gasteiger partial charge in [0.05, 0.1) is 18.2 Å². The molecule has 2 saturated heterocycles. The predicted octanol–water partition coefficient (Wildman–Crippen LogP) is 0.564. The number of fused-ring (bicyclic) bond motifs is 1. The van der Waals surface area contributed by atoms with Crippen molar-refractivity contribution in [2.75, 3.05) is 26.3 Å². The standard InChI is InChI=1S/C19H28N6O2/c20-15-5-4-14(11-24(12-15)16-6-8-27-9-7-16)19(26)21-10-17-2-1-3-18-22-13-23-25(17)18/h1-3,13-16H,4-12,20H2,(H,21,26)/t14-,15+/m1/s1. The maximum Gasteiger partial charge on any atom is 0.224 e. The maximum absolute atomic E-state index is 12.9. The fourth-order valence-corrected chi connectivity index (χ4v) is 4.18. The Labute approximate surface area is 159 Å². The number of nitrogens with zero attached hydrogens (tertiary/aromatic N) is 4. The van der Waals surface area contributed by atoms with Gasteiger partial charge in [0.2, 0.25) is 5.91 Å². The van der Waals surface area contributed by atoms with Crippen molar-refractivity contribution in [3.63, 3.8) is 0 Å². The largest absolute Gasteiger partial charge is 0.381 e. The van der Waals surface area contributed by atoms with E-state index in [4.69, 9.17) is 10.5 Å². The summed E-state index contributed by atoms with van der Waals surface area (Å²) in [5.74, 6) is 0.0645. The van der Waals surface area contributed by atoms with Gasteiger partial charge in [0.25, 0.3) is 0 Å². The number of carbonyl (C=O) groups excluding carboxylic acids is 1. The third-order valence-corrected chi connectivity index (χ3v) is 5.71. The molecule has 8 nitrogen and oxygen atoms in total. The molecule has 2 aliphatic rings. The van der Waals surface area contributed by atoms with Crippen LogP contribution in [0, 0.1) is 5.92 Å². The lowest BCUT2D eigenvalue weighted by Gasteiger charge is -2.35. The number of carbonyl (C=O) groups is 1. The van der Waals surface area contributed by atoms with Crippen LogP contribution in [-0.4, -0.2) is 63.8 Å². The van der Waals surface area contributed by atoms with Gasteiger partial charge in [0.15, 0.2) is 5.65 Å². The lowest BCUT2D eigenvalue weighted by Crippen LogP contribution is -2.47. The first-order valence-corrected chi connectivity index (χ1v) is 9.83. The van der Waals surface area contributed by atoms with Crippen molar-refractivity contribution in [2.24, 2.45) is 11.7 Å². The number of ether oxygens (including phenoxy) is 1. The van der Waals surface area contributed by atoms with Gasteiger partial charge in [-0.25, -0.2) is 9.50 Å². The normalized spacial score (nSPS) is 25.4. The lowest BCUT2D eigenvalue weighted by atomic mass is 10.0. The monoisotopic (exact) mass is 372 g/mol. The second kappa shape index (κ2) is 8.33. The number of likely N-dealkylation sites (tertiary alicyclic amines) is 1. The number of nitrogens with two attached hydrogens (primary N) is 1. The van der Waals surface area contributed by atoms with E-state index in [0.29, 0.717) is 12.6 Å². The molecule has 0 aromatic carbocycles. The molecule has 2 aromatic rings. The van der Waals surface area contributed by atoms with E-state index < -0.39 is 0 Å². The van der Waals surface area contributed by atoms with Crippen LogP contribution in [0.1, 0.15) is 31.4 Å². The highest BCUT2D eigenvalue weighted by molar-refractivity contribution is 5.78. The maximum atomic E-state index is 12.9. The zero-order chi connectivity index (χ0) is 18.6. The zero-order valence-electron chi connectivity index (χ0n) is 15.6. The van der Waals surface area contributed by atoms with Gasteiger partial charge in [0, 0.05) is 38.4 Å². The van der Waals surface area contributed by atoms with E-state index in [1.54, 1.807) is 4.52 Å². The summed E-state index contributed by atoms with van der Waals surface area (Å²) in [6, 6.07) is 6.40. The highest BCUT2D eigenvalue weighted by Gasteiger charge is 2.31. The molecular weight excluding hydrogens is 344 g/mol. The number of pyridine rings is 1. The predicted molar refractivity (Wildman–Crippen MR) is 101 cm³/mol. The number of aromatic nitrogens is 3. The Morgan fingerprint density at radius 1 is 1.22 bits per heavy atom. The Hall–Kier alpha value is -2.03. The Morgan fingerprint density at radius 3 is 2.93 bits per heavy atom. The first-order chi connectivity index (χ1) is 13.2. The van der Waals surface area contributed by atoms with Crippen LogP contribution in [0.5, 0.6) is 0 Å². The second-order valence-electron chi connectivity index (χ2n) is 7.60. The smallest absolute Gasteiger partial charge is 0.224 e. The summed E-state index contributed by atoms with van der Waals surface area (Å²) in [4.78, 5) is 19.5. The zero-order valence-corrected chi connectivity index (χ0v) is 15.6. The van der Waals surface area contributed by atoms with Crippen LogP contribution in [-0.2, 0) is 16.1 Å². The minimum atomic E-state index is -0.0312. The van der Waals surface area contributed by atoms with Crippen molar-refractivity contribution in [3.05, 3.63) is 30.2 Å². The van der Waals surface area contributed by atoms with Crippen molar-refractivity contribution in [1.82, 2.24) is 24.8 Å². The van der Waals surface area contributed by atoms with Crippen molar-refractivity contribution < 1.29 is 9.53 Å². The lowest BCUT2D eigenvalue weighted by molar-refractivity contribution is -0.126. The summed E-state index contributed by atoms with van der Waals surface area (Å²) >= 11 is 0. The first-order valence-electron chi connectivity index (χ1n) is 9.83. The molecule has 0 radical (unpaired) electrons. The summed E-state index contributed by atoms with van der Waals surface area (Å²) in [7, 11) is 0. The average molecular weight is 372 g/mol. The molecule has 2 aromatic heterocycles. The molecule has 146 valence electrons. The van der Waals surface area contributed by atoms with Gasteiger partial charge in [-0.2, -0.15) is 5.10 Å². The number of hydrogen-bond donors (Lipinski definition) is 2. The van der Waals surface area contributed by atoms with Crippen molar-refractivity contribution in [2.45, 2.75) is 44.3 Å². The SMILES string of the molecule is N[C@H]1CC[C@@H](C(=O)NCc2cccc3ncnn23)CN(C2CCOCC2)C1. The topological polar surface area (TPSA) is 97.8 Å². The van der Waals surface area contributed by atoms with Gasteiger partial charge < -0.3 is 15.8 Å². The Kier molecular flexibility index (Phi) is 5.66. The molecule has 4 rings (SSSR count). The van der Waals surface area contributed by atoms with Crippen LogP contribution >= 0.6 is 0 Å². The molecule has 3 N–H and O–H groups in total. The molecule has 8 heteroatoms. The molecule has 0 unspecified atom stereocenters. The summed E-state index contributed by atoms with van der Waals surface area (Å²) in [6.45, 7) is 3.69. The Morgan fingerprint density at radius 2 is 2.07 bits per heavy atom. The fourth-order valence-electron chi connectivity index (χ4n) is 4.18. The number of amides is 1. The molecule has 2 aliphatic heterocycles. The van der Waals surface area contributed by atoms with Gasteiger partial charge in [-0.05, 0) is 37.8 Å². The van der Waals surface area contributed by atoms with E-state index >= 15 is 0 Å². The molecule has 0 saturated carbocycles. The van der Waals surface area contributed by atoms with Crippen LogP contribution in [0.3, 0.4) is 0 Å². The number of hydrogen-bond acceptors (Lipinski definition) is 6. The van der Waals surface area contributed by atoms with E-state index in [1.807, 2.05) is 18.2 Å². The van der Waals surface area contributed by atoms with Crippen LogP contribution in [0.25, 0.3) is 5.65 Å². The van der Waals surface area contributed by atoms with Crippen LogP contribution in [0.15, 0.2) is 24.5 Å². The van der Waals surface area contributed by atoms with Crippen molar-refractivity contribution >= 4 is 11.6 Å². The number of nitrogens with one attached hydrogen (secondary N) is 1. The van der Waals surface area contributed by atoms with Crippen LogP contribution < -0.4 is 11.1 Å². The average Bonchev–Trinajstić information content (AvgIpc) is 3.09. The van der Waals surface area contributed by atoms with Gasteiger partial charge in [0.1, 0.15) is 6.33 Å². The molecule has 0 aliphatic carbocycles.